The molecule has 0 aromatic rings. The van der Waals surface area contributed by atoms with Gasteiger partial charge in [0.1, 0.15) is 0 Å². The minimum Gasteiger partial charge on any atom is -0.377 e. The van der Waals surface area contributed by atoms with Crippen molar-refractivity contribution in [3.8, 4) is 0 Å². The van der Waals surface area contributed by atoms with Gasteiger partial charge in [0.2, 0.25) is 0 Å². The van der Waals surface area contributed by atoms with E-state index in [1.807, 2.05) is 0 Å². The molecule has 1 atom stereocenters. The molecule has 1 saturated heterocycles. The van der Waals surface area contributed by atoms with Crippen LogP contribution >= 0.6 is 0 Å². The van der Waals surface area contributed by atoms with Crippen molar-refractivity contribution >= 4 is 0 Å². The number of likely N-dealkylation sites (tertiary alicyclic amines) is 1. The van der Waals surface area contributed by atoms with E-state index >= 15 is 0 Å². The molecule has 1 heterocycles. The Balaban J connectivity index is 1.88. The number of piperidine rings is 1. The van der Waals surface area contributed by atoms with Crippen LogP contribution in [0.2, 0.25) is 0 Å². The second-order valence-corrected chi connectivity index (χ2v) is 6.55. The average molecular weight is 268 g/mol. The molecule has 112 valence electrons. The van der Waals surface area contributed by atoms with Gasteiger partial charge in [-0.25, -0.2) is 0 Å². The smallest absolute Gasteiger partial charge is 0.0702 e. The highest BCUT2D eigenvalue weighted by atomic mass is 16.5. The Morgan fingerprint density at radius 2 is 2.00 bits per heavy atom. The summed E-state index contributed by atoms with van der Waals surface area (Å²) in [6.07, 6.45) is 10.1. The maximum Gasteiger partial charge on any atom is 0.0702 e. The molecule has 0 aromatic carbocycles. The molecule has 0 radical (unpaired) electrons. The van der Waals surface area contributed by atoms with Gasteiger partial charge in [0.05, 0.1) is 6.10 Å². The van der Waals surface area contributed by atoms with Crippen LogP contribution in [0.15, 0.2) is 0 Å². The van der Waals surface area contributed by atoms with Crippen LogP contribution in [0, 0.1) is 5.41 Å². The fourth-order valence-corrected chi connectivity index (χ4v) is 4.07. The maximum atomic E-state index is 5.84. The molecule has 1 unspecified atom stereocenters. The largest absolute Gasteiger partial charge is 0.377 e. The third kappa shape index (κ3) is 4.44. The molecule has 2 rings (SSSR count). The molecular formula is C16H32N2O. The Morgan fingerprint density at radius 3 is 2.68 bits per heavy atom. The predicted octanol–water partition coefficient (Wildman–Crippen LogP) is 2.66. The Bertz CT molecular complexity index is 244. The maximum absolute atomic E-state index is 5.84. The Hall–Kier alpha value is -0.120. The van der Waals surface area contributed by atoms with Gasteiger partial charge in [0.25, 0.3) is 0 Å². The fraction of sp³-hybridized carbons (Fsp3) is 1.00. The van der Waals surface area contributed by atoms with E-state index in [4.69, 9.17) is 4.74 Å². The molecule has 0 spiro atoms. The van der Waals surface area contributed by atoms with Gasteiger partial charge >= 0.3 is 0 Å². The molecule has 3 heteroatoms. The van der Waals surface area contributed by atoms with Gasteiger partial charge < -0.3 is 15.0 Å². The Morgan fingerprint density at radius 1 is 1.21 bits per heavy atom. The second kappa shape index (κ2) is 7.61. The van der Waals surface area contributed by atoms with Crippen LogP contribution in [0.5, 0.6) is 0 Å². The van der Waals surface area contributed by atoms with Crippen LogP contribution in [-0.4, -0.2) is 50.8 Å². The molecule has 19 heavy (non-hydrogen) atoms. The van der Waals surface area contributed by atoms with Gasteiger partial charge in [-0.2, -0.15) is 0 Å². The molecular weight excluding hydrogens is 236 g/mol. The molecule has 1 N–H and O–H groups in total. The fourth-order valence-electron chi connectivity index (χ4n) is 4.07. The first-order chi connectivity index (χ1) is 9.28. The highest BCUT2D eigenvalue weighted by Crippen LogP contribution is 2.37. The van der Waals surface area contributed by atoms with E-state index in [1.54, 1.807) is 0 Å². The van der Waals surface area contributed by atoms with Crippen molar-refractivity contribution in [1.82, 2.24) is 10.2 Å². The topological polar surface area (TPSA) is 24.5 Å². The van der Waals surface area contributed by atoms with Crippen LogP contribution in [0.1, 0.15) is 51.9 Å². The zero-order valence-electron chi connectivity index (χ0n) is 12.9. The van der Waals surface area contributed by atoms with Gasteiger partial charge in [-0.1, -0.05) is 19.3 Å². The number of hydrogen-bond donors (Lipinski definition) is 1. The summed E-state index contributed by atoms with van der Waals surface area (Å²) in [4.78, 5) is 2.67. The van der Waals surface area contributed by atoms with Crippen molar-refractivity contribution in [3.63, 3.8) is 0 Å². The minimum atomic E-state index is 0.481. The van der Waals surface area contributed by atoms with E-state index in [9.17, 15) is 0 Å². The average Bonchev–Trinajstić information content (AvgIpc) is 2.41. The molecule has 1 aliphatic heterocycles. The monoisotopic (exact) mass is 268 g/mol. The summed E-state index contributed by atoms with van der Waals surface area (Å²) < 4.78 is 5.84. The number of hydrogen-bond acceptors (Lipinski definition) is 3. The van der Waals surface area contributed by atoms with E-state index in [0.29, 0.717) is 11.5 Å². The van der Waals surface area contributed by atoms with E-state index in [-0.39, 0.29) is 0 Å². The first-order valence-electron chi connectivity index (χ1n) is 8.26. The standard InChI is InChI=1S/C16H32N2O/c1-3-19-15-8-7-11-18(12-15)14-16(13-17-2)9-5-4-6-10-16/h15,17H,3-14H2,1-2H3. The SMILES string of the molecule is CCOC1CCCN(CC2(CNC)CCCCC2)C1. The summed E-state index contributed by atoms with van der Waals surface area (Å²) in [5.41, 5.74) is 0.529. The van der Waals surface area contributed by atoms with Crippen LogP contribution < -0.4 is 5.32 Å². The first kappa shape index (κ1) is 15.3. The summed E-state index contributed by atoms with van der Waals surface area (Å²) in [5, 5.41) is 3.45. The first-order valence-corrected chi connectivity index (χ1v) is 8.26. The molecule has 1 aliphatic carbocycles. The quantitative estimate of drug-likeness (QED) is 0.801. The molecule has 3 nitrogen and oxygen atoms in total. The van der Waals surface area contributed by atoms with Gasteiger partial charge in [0, 0.05) is 26.2 Å². The molecule has 0 aromatic heterocycles. The molecule has 2 fully saturated rings. The highest BCUT2D eigenvalue weighted by molar-refractivity contribution is 4.89. The van der Waals surface area contributed by atoms with Gasteiger partial charge in [-0.15, -0.1) is 0 Å². The second-order valence-electron chi connectivity index (χ2n) is 6.55. The number of nitrogens with one attached hydrogen (secondary N) is 1. The third-order valence-electron chi connectivity index (χ3n) is 4.89. The van der Waals surface area contributed by atoms with Gasteiger partial charge in [0.15, 0.2) is 0 Å². The lowest BCUT2D eigenvalue weighted by atomic mass is 9.73. The molecule has 1 saturated carbocycles. The van der Waals surface area contributed by atoms with Gasteiger partial charge in [-0.05, 0) is 51.6 Å². The summed E-state index contributed by atoms with van der Waals surface area (Å²) in [7, 11) is 2.11. The van der Waals surface area contributed by atoms with E-state index < -0.39 is 0 Å². The van der Waals surface area contributed by atoms with Crippen molar-refractivity contribution in [2.75, 3.05) is 39.8 Å². The van der Waals surface area contributed by atoms with E-state index in [2.05, 4.69) is 24.2 Å². The Labute approximate surface area is 119 Å². The van der Waals surface area contributed by atoms with Crippen molar-refractivity contribution in [2.24, 2.45) is 5.41 Å². The summed E-state index contributed by atoms with van der Waals surface area (Å²) >= 11 is 0. The highest BCUT2D eigenvalue weighted by Gasteiger charge is 2.34. The zero-order chi connectivity index (χ0) is 13.6. The number of ether oxygens (including phenoxy) is 1. The summed E-state index contributed by atoms with van der Waals surface area (Å²) in [6.45, 7) is 7.86. The van der Waals surface area contributed by atoms with Crippen LogP contribution in [0.25, 0.3) is 0 Å². The van der Waals surface area contributed by atoms with Crippen LogP contribution in [-0.2, 0) is 4.74 Å². The predicted molar refractivity (Wildman–Crippen MR) is 80.5 cm³/mol. The number of nitrogens with zero attached hydrogens (tertiary/aromatic N) is 1. The third-order valence-corrected chi connectivity index (χ3v) is 4.89. The lowest BCUT2D eigenvalue weighted by Gasteiger charge is -2.43. The van der Waals surface area contributed by atoms with Gasteiger partial charge in [-0.3, -0.25) is 0 Å². The van der Waals surface area contributed by atoms with E-state index in [0.717, 1.165) is 13.2 Å². The zero-order valence-corrected chi connectivity index (χ0v) is 12.9. The molecule has 0 bridgehead atoms. The van der Waals surface area contributed by atoms with E-state index in [1.165, 1.54) is 64.6 Å². The van der Waals surface area contributed by atoms with Crippen molar-refractivity contribution in [3.05, 3.63) is 0 Å². The van der Waals surface area contributed by atoms with Crippen LogP contribution in [0.4, 0.5) is 0 Å². The lowest BCUT2D eigenvalue weighted by molar-refractivity contribution is -0.0115. The van der Waals surface area contributed by atoms with Crippen molar-refractivity contribution in [2.45, 2.75) is 58.0 Å². The van der Waals surface area contributed by atoms with Crippen molar-refractivity contribution < 1.29 is 4.74 Å². The van der Waals surface area contributed by atoms with Crippen LogP contribution in [0.3, 0.4) is 0 Å². The minimum absolute atomic E-state index is 0.481. The molecule has 2 aliphatic rings. The summed E-state index contributed by atoms with van der Waals surface area (Å²) in [6, 6.07) is 0. The summed E-state index contributed by atoms with van der Waals surface area (Å²) in [5.74, 6) is 0. The Kier molecular flexibility index (Phi) is 6.11. The normalized spacial score (nSPS) is 28.4. The molecule has 0 amide bonds. The van der Waals surface area contributed by atoms with Crippen molar-refractivity contribution in [1.29, 1.82) is 0 Å². The lowest BCUT2D eigenvalue weighted by Crippen LogP contribution is -2.49. The number of rotatable bonds is 6.